The van der Waals surface area contributed by atoms with Crippen molar-refractivity contribution in [1.29, 1.82) is 0 Å². The molecule has 140 valence electrons. The maximum Gasteiger partial charge on any atom is 0.368 e. The first-order valence-electron chi connectivity index (χ1n) is 8.21. The van der Waals surface area contributed by atoms with Crippen molar-refractivity contribution in [3.8, 4) is 5.75 Å². The van der Waals surface area contributed by atoms with E-state index >= 15 is 0 Å². The van der Waals surface area contributed by atoms with Crippen molar-refractivity contribution < 1.29 is 28.4 Å². The predicted molar refractivity (Wildman–Crippen MR) is 94.6 cm³/mol. The molecule has 0 aromatic heterocycles. The molecule has 1 unspecified atom stereocenters. The van der Waals surface area contributed by atoms with Crippen molar-refractivity contribution in [1.82, 2.24) is 0 Å². The number of rotatable bonds is 6. The zero-order chi connectivity index (χ0) is 18.8. The van der Waals surface area contributed by atoms with Gasteiger partial charge in [0, 0.05) is 35.5 Å². The van der Waals surface area contributed by atoms with Crippen LogP contribution in [0.5, 0.6) is 5.75 Å². The van der Waals surface area contributed by atoms with E-state index in [1.54, 1.807) is 27.4 Å². The summed E-state index contributed by atoms with van der Waals surface area (Å²) in [5.74, 6) is -2.54. The van der Waals surface area contributed by atoms with Crippen LogP contribution < -0.4 is 4.74 Å². The van der Waals surface area contributed by atoms with Gasteiger partial charge < -0.3 is 28.4 Å². The highest BCUT2D eigenvalue weighted by atomic mass is 16.9. The summed E-state index contributed by atoms with van der Waals surface area (Å²) in [4.78, 5) is 0. The smallest absolute Gasteiger partial charge is 0.368 e. The molecule has 1 aliphatic heterocycles. The minimum atomic E-state index is -1.66. The molecule has 26 heavy (non-hydrogen) atoms. The second kappa shape index (κ2) is 6.98. The van der Waals surface area contributed by atoms with Gasteiger partial charge in [0.05, 0.1) is 5.56 Å². The molecule has 0 N–H and O–H groups in total. The molecule has 0 bridgehead atoms. The number of methoxy groups -OCH3 is 5. The van der Waals surface area contributed by atoms with Gasteiger partial charge in [0.1, 0.15) is 5.75 Å². The van der Waals surface area contributed by atoms with Gasteiger partial charge in [-0.15, -0.1) is 0 Å². The topological polar surface area (TPSA) is 55.4 Å². The first-order chi connectivity index (χ1) is 12.6. The fourth-order valence-corrected chi connectivity index (χ4v) is 3.90. The second-order valence-electron chi connectivity index (χ2n) is 5.84. The van der Waals surface area contributed by atoms with E-state index in [0.29, 0.717) is 16.9 Å². The molecule has 1 heterocycles. The quantitative estimate of drug-likeness (QED) is 0.738. The average molecular weight is 360 g/mol. The van der Waals surface area contributed by atoms with Crippen LogP contribution in [-0.4, -0.2) is 41.5 Å². The van der Waals surface area contributed by atoms with Crippen LogP contribution in [0.2, 0.25) is 0 Å². The predicted octanol–water partition coefficient (Wildman–Crippen LogP) is 3.01. The number of para-hydroxylation sites is 1. The van der Waals surface area contributed by atoms with E-state index in [1.165, 1.54) is 14.2 Å². The lowest BCUT2D eigenvalue weighted by Crippen LogP contribution is -2.72. The van der Waals surface area contributed by atoms with Gasteiger partial charge in [-0.05, 0) is 17.7 Å². The molecule has 1 aliphatic rings. The lowest BCUT2D eigenvalue weighted by Gasteiger charge is -2.57. The van der Waals surface area contributed by atoms with Crippen LogP contribution in [0.3, 0.4) is 0 Å². The Morgan fingerprint density at radius 1 is 0.654 bits per heavy atom. The standard InChI is InChI=1S/C20H24O6/c1-21-18(15-11-7-6-8-12-15)19(22-2,23-3)16-13-9-10-14-17(16)26-20(18,24-4)25-5/h6-14H,1-5H3. The highest BCUT2D eigenvalue weighted by Gasteiger charge is 2.75. The molecule has 6 nitrogen and oxygen atoms in total. The Kier molecular flexibility index (Phi) is 5.05. The summed E-state index contributed by atoms with van der Waals surface area (Å²) >= 11 is 0. The van der Waals surface area contributed by atoms with Crippen LogP contribution in [-0.2, 0) is 35.1 Å². The molecule has 0 fully saturated rings. The minimum Gasteiger partial charge on any atom is -0.436 e. The van der Waals surface area contributed by atoms with Crippen LogP contribution in [0.4, 0.5) is 0 Å². The number of fused-ring (bicyclic) bond motifs is 1. The molecule has 2 aromatic carbocycles. The molecule has 0 saturated heterocycles. The fourth-order valence-electron chi connectivity index (χ4n) is 3.90. The van der Waals surface area contributed by atoms with E-state index in [-0.39, 0.29) is 0 Å². The molecule has 0 aliphatic carbocycles. The molecule has 0 amide bonds. The fraction of sp³-hybridized carbons (Fsp3) is 0.400. The maximum atomic E-state index is 6.21. The van der Waals surface area contributed by atoms with Crippen molar-refractivity contribution in [3.63, 3.8) is 0 Å². The number of ether oxygens (including phenoxy) is 6. The van der Waals surface area contributed by atoms with Gasteiger partial charge in [0.25, 0.3) is 0 Å². The van der Waals surface area contributed by atoms with Gasteiger partial charge in [-0.2, -0.15) is 0 Å². The SMILES string of the molecule is COC1(OC)Oc2ccccc2C(OC)(OC)C1(OC)c1ccccc1. The monoisotopic (exact) mass is 360 g/mol. The average Bonchev–Trinajstić information content (AvgIpc) is 2.72. The van der Waals surface area contributed by atoms with Crippen LogP contribution in [0.15, 0.2) is 54.6 Å². The summed E-state index contributed by atoms with van der Waals surface area (Å²) < 4.78 is 35.8. The minimum absolute atomic E-state index is 0.517. The third kappa shape index (κ3) is 2.17. The Hall–Kier alpha value is -1.96. The van der Waals surface area contributed by atoms with Crippen LogP contribution >= 0.6 is 0 Å². The van der Waals surface area contributed by atoms with Crippen molar-refractivity contribution in [2.75, 3.05) is 35.5 Å². The summed E-state index contributed by atoms with van der Waals surface area (Å²) in [5, 5.41) is 0. The van der Waals surface area contributed by atoms with Gasteiger partial charge in [0.2, 0.25) is 11.4 Å². The van der Waals surface area contributed by atoms with Gasteiger partial charge in [-0.1, -0.05) is 42.5 Å². The highest BCUT2D eigenvalue weighted by molar-refractivity contribution is 5.46. The summed E-state index contributed by atoms with van der Waals surface area (Å²) in [5.41, 5.74) is -0.0485. The largest absolute Gasteiger partial charge is 0.436 e. The molecule has 0 spiro atoms. The van der Waals surface area contributed by atoms with Gasteiger partial charge >= 0.3 is 5.97 Å². The molecular weight excluding hydrogens is 336 g/mol. The third-order valence-electron chi connectivity index (χ3n) is 4.98. The maximum absolute atomic E-state index is 6.21. The zero-order valence-electron chi connectivity index (χ0n) is 15.6. The summed E-state index contributed by atoms with van der Waals surface area (Å²) in [6.45, 7) is 0. The lowest BCUT2D eigenvalue weighted by atomic mass is 9.76. The van der Waals surface area contributed by atoms with Gasteiger partial charge in [0.15, 0.2) is 0 Å². The van der Waals surface area contributed by atoms with E-state index in [0.717, 1.165) is 0 Å². The third-order valence-corrected chi connectivity index (χ3v) is 4.98. The number of hydrogen-bond donors (Lipinski definition) is 0. The Labute approximate surface area is 153 Å². The van der Waals surface area contributed by atoms with Crippen LogP contribution in [0.25, 0.3) is 0 Å². The van der Waals surface area contributed by atoms with Crippen molar-refractivity contribution in [3.05, 3.63) is 65.7 Å². The van der Waals surface area contributed by atoms with Crippen molar-refractivity contribution >= 4 is 0 Å². The number of benzene rings is 2. The van der Waals surface area contributed by atoms with Gasteiger partial charge in [-0.25, -0.2) is 0 Å². The summed E-state index contributed by atoms with van der Waals surface area (Å²) in [6.07, 6.45) is 0. The Morgan fingerprint density at radius 3 is 1.77 bits per heavy atom. The molecule has 3 rings (SSSR count). The van der Waals surface area contributed by atoms with E-state index in [4.69, 9.17) is 28.4 Å². The van der Waals surface area contributed by atoms with Crippen molar-refractivity contribution in [2.24, 2.45) is 0 Å². The van der Waals surface area contributed by atoms with Crippen molar-refractivity contribution in [2.45, 2.75) is 17.4 Å². The van der Waals surface area contributed by atoms with E-state index in [2.05, 4.69) is 0 Å². The highest BCUT2D eigenvalue weighted by Crippen LogP contribution is 2.59. The Bertz CT molecular complexity index is 739. The molecular formula is C20H24O6. The first-order valence-corrected chi connectivity index (χ1v) is 8.21. The molecule has 0 saturated carbocycles. The molecule has 6 heteroatoms. The Morgan fingerprint density at radius 2 is 1.23 bits per heavy atom. The first kappa shape index (κ1) is 18.8. The second-order valence-corrected chi connectivity index (χ2v) is 5.84. The van der Waals surface area contributed by atoms with Gasteiger partial charge in [-0.3, -0.25) is 0 Å². The van der Waals surface area contributed by atoms with E-state index in [9.17, 15) is 0 Å². The lowest BCUT2D eigenvalue weighted by molar-refractivity contribution is -0.483. The van der Waals surface area contributed by atoms with Crippen LogP contribution in [0.1, 0.15) is 11.1 Å². The van der Waals surface area contributed by atoms with Crippen LogP contribution in [0, 0.1) is 0 Å². The zero-order valence-corrected chi connectivity index (χ0v) is 15.6. The molecule has 2 aromatic rings. The molecule has 1 atom stereocenters. The summed E-state index contributed by atoms with van der Waals surface area (Å²) in [6, 6.07) is 16.9. The van der Waals surface area contributed by atoms with E-state index in [1.807, 2.05) is 48.5 Å². The normalized spacial score (nSPS) is 23.1. The Balaban J connectivity index is 2.46. The summed E-state index contributed by atoms with van der Waals surface area (Å²) in [7, 11) is 7.63. The van der Waals surface area contributed by atoms with E-state index < -0.39 is 17.4 Å². The number of hydrogen-bond acceptors (Lipinski definition) is 6. The molecule has 0 radical (unpaired) electrons.